The number of amides is 1. The summed E-state index contributed by atoms with van der Waals surface area (Å²) in [5, 5.41) is 1.20. The standard InChI is InChI=1S/C22H18Cl2N2O/c23-19-7-8-20(21(24)12-19)15-3-5-16(6-4-15)22(27)26-11-9-18(14-26)17-2-1-10-25-13-17/h1-8,10,12-13,18H,9,11,14H2. The van der Waals surface area contributed by atoms with E-state index < -0.39 is 0 Å². The number of carbonyl (C=O) groups excluding carboxylic acids is 1. The van der Waals surface area contributed by atoms with Crippen LogP contribution in [-0.4, -0.2) is 28.9 Å². The quantitative estimate of drug-likeness (QED) is 0.569. The Bertz CT molecular complexity index is 958. The van der Waals surface area contributed by atoms with Gasteiger partial charge in [-0.1, -0.05) is 47.5 Å². The Hall–Kier alpha value is -2.36. The Balaban J connectivity index is 1.48. The van der Waals surface area contributed by atoms with Crippen molar-refractivity contribution in [3.05, 3.63) is 88.2 Å². The van der Waals surface area contributed by atoms with Crippen LogP contribution in [0.5, 0.6) is 0 Å². The fraction of sp³-hybridized carbons (Fsp3) is 0.182. The Kier molecular flexibility index (Phi) is 5.15. The summed E-state index contributed by atoms with van der Waals surface area (Å²) in [6.07, 6.45) is 4.63. The topological polar surface area (TPSA) is 33.2 Å². The predicted octanol–water partition coefficient (Wildman–Crippen LogP) is 5.69. The maximum atomic E-state index is 12.9. The van der Waals surface area contributed by atoms with Gasteiger partial charge in [-0.2, -0.15) is 0 Å². The van der Waals surface area contributed by atoms with Gasteiger partial charge in [-0.05, 0) is 47.9 Å². The largest absolute Gasteiger partial charge is 0.338 e. The van der Waals surface area contributed by atoms with E-state index in [4.69, 9.17) is 23.2 Å². The molecule has 1 aliphatic rings. The van der Waals surface area contributed by atoms with Gasteiger partial charge in [-0.25, -0.2) is 0 Å². The summed E-state index contributed by atoms with van der Waals surface area (Å²) in [6, 6.07) is 17.0. The third-order valence-electron chi connectivity index (χ3n) is 5.01. The monoisotopic (exact) mass is 396 g/mol. The molecular weight excluding hydrogens is 379 g/mol. The average molecular weight is 397 g/mol. The van der Waals surface area contributed by atoms with Gasteiger partial charge in [0.15, 0.2) is 0 Å². The molecule has 1 atom stereocenters. The number of hydrogen-bond donors (Lipinski definition) is 0. The maximum absolute atomic E-state index is 12.9. The van der Waals surface area contributed by atoms with Crippen LogP contribution in [0.1, 0.15) is 28.3 Å². The van der Waals surface area contributed by atoms with Gasteiger partial charge in [-0.3, -0.25) is 9.78 Å². The molecule has 0 bridgehead atoms. The van der Waals surface area contributed by atoms with E-state index in [-0.39, 0.29) is 5.91 Å². The minimum Gasteiger partial charge on any atom is -0.338 e. The van der Waals surface area contributed by atoms with Crippen LogP contribution in [0.15, 0.2) is 67.0 Å². The van der Waals surface area contributed by atoms with E-state index in [1.54, 1.807) is 12.3 Å². The summed E-state index contributed by atoms with van der Waals surface area (Å²) in [4.78, 5) is 19.0. The fourth-order valence-corrected chi connectivity index (χ4v) is 4.05. The summed E-state index contributed by atoms with van der Waals surface area (Å²) < 4.78 is 0. The lowest BCUT2D eigenvalue weighted by atomic mass is 10.0. The molecule has 1 fully saturated rings. The normalized spacial score (nSPS) is 16.5. The molecule has 1 amide bonds. The molecule has 0 saturated carbocycles. The Morgan fingerprint density at radius 2 is 1.89 bits per heavy atom. The van der Waals surface area contributed by atoms with Crippen molar-refractivity contribution in [3.63, 3.8) is 0 Å². The summed E-state index contributed by atoms with van der Waals surface area (Å²) in [6.45, 7) is 1.50. The van der Waals surface area contributed by atoms with Gasteiger partial charge in [0.1, 0.15) is 0 Å². The number of rotatable bonds is 3. The Morgan fingerprint density at radius 3 is 2.59 bits per heavy atom. The molecular formula is C22H18Cl2N2O. The number of hydrogen-bond acceptors (Lipinski definition) is 2. The molecule has 136 valence electrons. The van der Waals surface area contributed by atoms with Crippen molar-refractivity contribution in [2.45, 2.75) is 12.3 Å². The number of aromatic nitrogens is 1. The van der Waals surface area contributed by atoms with Crippen LogP contribution in [0, 0.1) is 0 Å². The second-order valence-corrected chi connectivity index (χ2v) is 7.57. The summed E-state index contributed by atoms with van der Waals surface area (Å²) >= 11 is 12.2. The van der Waals surface area contributed by atoms with E-state index in [0.717, 1.165) is 30.6 Å². The number of carbonyl (C=O) groups is 1. The molecule has 27 heavy (non-hydrogen) atoms. The molecule has 1 aromatic heterocycles. The number of benzene rings is 2. The van der Waals surface area contributed by atoms with Crippen LogP contribution in [0.4, 0.5) is 0 Å². The number of halogens is 2. The van der Waals surface area contributed by atoms with Gasteiger partial charge in [0.05, 0.1) is 0 Å². The molecule has 2 heterocycles. The van der Waals surface area contributed by atoms with Crippen LogP contribution < -0.4 is 0 Å². The number of nitrogens with zero attached hydrogens (tertiary/aromatic N) is 2. The van der Waals surface area contributed by atoms with E-state index in [1.807, 2.05) is 53.6 Å². The van der Waals surface area contributed by atoms with Crippen molar-refractivity contribution in [3.8, 4) is 11.1 Å². The van der Waals surface area contributed by atoms with Gasteiger partial charge in [0.25, 0.3) is 5.91 Å². The van der Waals surface area contributed by atoms with E-state index in [1.165, 1.54) is 5.56 Å². The third kappa shape index (κ3) is 3.85. The summed E-state index contributed by atoms with van der Waals surface area (Å²) in [7, 11) is 0. The molecule has 0 N–H and O–H groups in total. The average Bonchev–Trinajstić information content (AvgIpc) is 3.19. The number of likely N-dealkylation sites (tertiary alicyclic amines) is 1. The maximum Gasteiger partial charge on any atom is 0.253 e. The van der Waals surface area contributed by atoms with Crippen molar-refractivity contribution in [2.75, 3.05) is 13.1 Å². The fourth-order valence-electron chi connectivity index (χ4n) is 3.53. The molecule has 3 aromatic rings. The highest BCUT2D eigenvalue weighted by Crippen LogP contribution is 2.31. The predicted molar refractivity (Wildman–Crippen MR) is 109 cm³/mol. The third-order valence-corrected chi connectivity index (χ3v) is 5.55. The lowest BCUT2D eigenvalue weighted by Crippen LogP contribution is -2.28. The summed E-state index contributed by atoms with van der Waals surface area (Å²) in [5.41, 5.74) is 3.75. The first-order valence-electron chi connectivity index (χ1n) is 8.86. The van der Waals surface area contributed by atoms with Gasteiger partial charge in [-0.15, -0.1) is 0 Å². The molecule has 1 aliphatic heterocycles. The molecule has 0 aliphatic carbocycles. The van der Waals surface area contributed by atoms with Gasteiger partial charge < -0.3 is 4.90 Å². The highest BCUT2D eigenvalue weighted by atomic mass is 35.5. The molecule has 0 spiro atoms. The zero-order valence-corrected chi connectivity index (χ0v) is 16.1. The zero-order chi connectivity index (χ0) is 18.8. The second-order valence-electron chi connectivity index (χ2n) is 6.72. The molecule has 3 nitrogen and oxygen atoms in total. The van der Waals surface area contributed by atoms with E-state index in [9.17, 15) is 4.79 Å². The van der Waals surface area contributed by atoms with Gasteiger partial charge in [0, 0.05) is 52.6 Å². The van der Waals surface area contributed by atoms with E-state index >= 15 is 0 Å². The molecule has 0 radical (unpaired) electrons. The first-order chi connectivity index (χ1) is 13.1. The van der Waals surface area contributed by atoms with E-state index in [0.29, 0.717) is 21.5 Å². The van der Waals surface area contributed by atoms with Crippen molar-refractivity contribution in [1.82, 2.24) is 9.88 Å². The minimum absolute atomic E-state index is 0.0649. The number of pyridine rings is 1. The molecule has 5 heteroatoms. The lowest BCUT2D eigenvalue weighted by molar-refractivity contribution is 0.0791. The smallest absolute Gasteiger partial charge is 0.253 e. The lowest BCUT2D eigenvalue weighted by Gasteiger charge is -2.17. The minimum atomic E-state index is 0.0649. The first-order valence-corrected chi connectivity index (χ1v) is 9.62. The summed E-state index contributed by atoms with van der Waals surface area (Å²) in [5.74, 6) is 0.421. The van der Waals surface area contributed by atoms with Crippen molar-refractivity contribution < 1.29 is 4.79 Å². The molecule has 2 aromatic carbocycles. The van der Waals surface area contributed by atoms with Crippen LogP contribution in [0.3, 0.4) is 0 Å². The van der Waals surface area contributed by atoms with E-state index in [2.05, 4.69) is 11.1 Å². The van der Waals surface area contributed by atoms with Crippen LogP contribution in [0.2, 0.25) is 10.0 Å². The first kappa shape index (κ1) is 18.0. The van der Waals surface area contributed by atoms with Crippen molar-refractivity contribution >= 4 is 29.1 Å². The van der Waals surface area contributed by atoms with Crippen molar-refractivity contribution in [2.24, 2.45) is 0 Å². The van der Waals surface area contributed by atoms with Gasteiger partial charge >= 0.3 is 0 Å². The highest BCUT2D eigenvalue weighted by molar-refractivity contribution is 6.36. The van der Waals surface area contributed by atoms with Crippen molar-refractivity contribution in [1.29, 1.82) is 0 Å². The molecule has 4 rings (SSSR count). The Morgan fingerprint density at radius 1 is 1.07 bits per heavy atom. The van der Waals surface area contributed by atoms with Crippen LogP contribution >= 0.6 is 23.2 Å². The SMILES string of the molecule is O=C(c1ccc(-c2ccc(Cl)cc2Cl)cc1)N1CCC(c2cccnc2)C1. The Labute approximate surface area is 168 Å². The van der Waals surface area contributed by atoms with Gasteiger partial charge in [0.2, 0.25) is 0 Å². The van der Waals surface area contributed by atoms with Crippen LogP contribution in [0.25, 0.3) is 11.1 Å². The second kappa shape index (κ2) is 7.71. The highest BCUT2D eigenvalue weighted by Gasteiger charge is 2.28. The molecule has 1 saturated heterocycles. The zero-order valence-electron chi connectivity index (χ0n) is 14.6. The van der Waals surface area contributed by atoms with Crippen LogP contribution in [-0.2, 0) is 0 Å². The molecule has 1 unspecified atom stereocenters.